The molecule has 2 bridgehead atoms. The molecule has 10 heteroatoms. The van der Waals surface area contributed by atoms with Gasteiger partial charge in [-0.2, -0.15) is 0 Å². The van der Waals surface area contributed by atoms with Gasteiger partial charge >= 0.3 is 0 Å². The lowest BCUT2D eigenvalue weighted by molar-refractivity contribution is -0.155. The Morgan fingerprint density at radius 2 is 1.85 bits per heavy atom. The van der Waals surface area contributed by atoms with Crippen LogP contribution in [0.3, 0.4) is 0 Å². The highest BCUT2D eigenvalue weighted by atomic mass is 35.5. The summed E-state index contributed by atoms with van der Waals surface area (Å²) >= 11 is 11.6. The Morgan fingerprint density at radius 3 is 2.58 bits per heavy atom. The zero-order valence-electron chi connectivity index (χ0n) is 17.4. The first-order valence-corrected chi connectivity index (χ1v) is 11.3. The van der Waals surface area contributed by atoms with Gasteiger partial charge in [0, 0.05) is 34.2 Å². The fourth-order valence-corrected chi connectivity index (χ4v) is 5.32. The van der Waals surface area contributed by atoms with Crippen molar-refractivity contribution >= 4 is 35.0 Å². The molecule has 3 aliphatic carbocycles. The second kappa shape index (κ2) is 8.04. The standard InChI is InChI=1S/C23H21Cl2FN2O5/c24-12-1-4-18-14(5-12)17(29)7-19(33-18)21(31)28-23-9-22(10-23,11-23)27-20(30)8-32-13-2-3-15(25)16(26)6-13/h1-6,17,19,29H,7-11H2,(H,27,30)(H,28,31)/t17-,19-,22?,23?/m1/s1. The summed E-state index contributed by atoms with van der Waals surface area (Å²) in [4.78, 5) is 25.0. The van der Waals surface area contributed by atoms with E-state index in [2.05, 4.69) is 10.6 Å². The molecule has 174 valence electrons. The van der Waals surface area contributed by atoms with Crippen molar-refractivity contribution < 1.29 is 28.6 Å². The molecule has 1 aliphatic heterocycles. The van der Waals surface area contributed by atoms with Gasteiger partial charge in [-0.1, -0.05) is 23.2 Å². The first-order chi connectivity index (χ1) is 15.7. The molecular weight excluding hydrogens is 474 g/mol. The number of aliphatic hydroxyl groups excluding tert-OH is 1. The second-order valence-corrected chi connectivity index (χ2v) is 9.88. The zero-order chi connectivity index (χ0) is 23.4. The first kappa shape index (κ1) is 22.3. The highest BCUT2D eigenvalue weighted by molar-refractivity contribution is 6.31. The lowest BCUT2D eigenvalue weighted by atomic mass is 9.44. The maximum absolute atomic E-state index is 13.5. The van der Waals surface area contributed by atoms with Crippen LogP contribution in [-0.2, 0) is 9.59 Å². The van der Waals surface area contributed by atoms with Crippen molar-refractivity contribution in [2.24, 2.45) is 0 Å². The van der Waals surface area contributed by atoms with Crippen LogP contribution in [0.5, 0.6) is 11.5 Å². The smallest absolute Gasteiger partial charge is 0.261 e. The molecular formula is C23H21Cl2FN2O5. The highest BCUT2D eigenvalue weighted by Gasteiger charge is 2.69. The molecule has 1 heterocycles. The average molecular weight is 495 g/mol. The third-order valence-electron chi connectivity index (χ3n) is 6.41. The van der Waals surface area contributed by atoms with Crippen LogP contribution < -0.4 is 20.1 Å². The van der Waals surface area contributed by atoms with Crippen LogP contribution >= 0.6 is 23.2 Å². The molecule has 0 aromatic heterocycles. The summed E-state index contributed by atoms with van der Waals surface area (Å²) in [7, 11) is 0. The number of rotatable bonds is 6. The third-order valence-corrected chi connectivity index (χ3v) is 6.96. The summed E-state index contributed by atoms with van der Waals surface area (Å²) < 4.78 is 24.6. The molecule has 2 atom stereocenters. The normalized spacial score (nSPS) is 29.0. The molecule has 3 saturated carbocycles. The number of carbonyl (C=O) groups excluding carboxylic acids is 2. The van der Waals surface area contributed by atoms with Crippen molar-refractivity contribution in [2.45, 2.75) is 49.0 Å². The molecule has 3 fully saturated rings. The predicted octanol–water partition coefficient (Wildman–Crippen LogP) is 3.30. The molecule has 4 aliphatic rings. The highest BCUT2D eigenvalue weighted by Crippen LogP contribution is 2.60. The Kier molecular flexibility index (Phi) is 5.42. The van der Waals surface area contributed by atoms with Gasteiger partial charge in [0.05, 0.1) is 11.1 Å². The van der Waals surface area contributed by atoms with Crippen LogP contribution in [0.2, 0.25) is 10.0 Å². The van der Waals surface area contributed by atoms with Gasteiger partial charge in [-0.25, -0.2) is 4.39 Å². The minimum absolute atomic E-state index is 0.0187. The molecule has 2 amide bonds. The Balaban J connectivity index is 1.10. The lowest BCUT2D eigenvalue weighted by Gasteiger charge is -2.70. The lowest BCUT2D eigenvalue weighted by Crippen LogP contribution is -2.84. The van der Waals surface area contributed by atoms with E-state index in [1.165, 1.54) is 12.1 Å². The Hall–Kier alpha value is -2.55. The number of amides is 2. The predicted molar refractivity (Wildman–Crippen MR) is 118 cm³/mol. The number of halogens is 3. The van der Waals surface area contributed by atoms with Crippen LogP contribution in [0, 0.1) is 5.82 Å². The van der Waals surface area contributed by atoms with E-state index in [4.69, 9.17) is 32.7 Å². The minimum atomic E-state index is -0.837. The monoisotopic (exact) mass is 494 g/mol. The van der Waals surface area contributed by atoms with E-state index >= 15 is 0 Å². The molecule has 2 aromatic carbocycles. The quantitative estimate of drug-likeness (QED) is 0.572. The Morgan fingerprint density at radius 1 is 1.12 bits per heavy atom. The number of benzene rings is 2. The van der Waals surface area contributed by atoms with Gasteiger partial charge in [-0.15, -0.1) is 0 Å². The van der Waals surface area contributed by atoms with E-state index in [9.17, 15) is 19.1 Å². The molecule has 33 heavy (non-hydrogen) atoms. The van der Waals surface area contributed by atoms with Crippen molar-refractivity contribution in [1.82, 2.24) is 10.6 Å². The molecule has 0 saturated heterocycles. The number of aliphatic hydroxyl groups is 1. The van der Waals surface area contributed by atoms with Gasteiger partial charge in [0.25, 0.3) is 11.8 Å². The number of hydrogen-bond acceptors (Lipinski definition) is 5. The van der Waals surface area contributed by atoms with E-state index in [-0.39, 0.29) is 46.7 Å². The number of fused-ring (bicyclic) bond motifs is 1. The van der Waals surface area contributed by atoms with Gasteiger partial charge < -0.3 is 25.2 Å². The molecule has 6 rings (SSSR count). The third kappa shape index (κ3) is 4.23. The van der Waals surface area contributed by atoms with Crippen molar-refractivity contribution in [3.63, 3.8) is 0 Å². The van der Waals surface area contributed by atoms with E-state index in [1.807, 2.05) is 0 Å². The molecule has 2 aromatic rings. The number of carbonyl (C=O) groups is 2. The van der Waals surface area contributed by atoms with E-state index in [0.29, 0.717) is 35.6 Å². The molecule has 3 N–H and O–H groups in total. The molecule has 0 unspecified atom stereocenters. The fourth-order valence-electron chi connectivity index (χ4n) is 5.02. The van der Waals surface area contributed by atoms with Crippen molar-refractivity contribution in [3.05, 3.63) is 57.8 Å². The number of hydrogen-bond donors (Lipinski definition) is 3. The van der Waals surface area contributed by atoms with Crippen molar-refractivity contribution in [3.8, 4) is 11.5 Å². The van der Waals surface area contributed by atoms with Crippen LogP contribution in [0.4, 0.5) is 4.39 Å². The molecule has 0 spiro atoms. The van der Waals surface area contributed by atoms with Crippen LogP contribution in [0.15, 0.2) is 36.4 Å². The van der Waals surface area contributed by atoms with Gasteiger partial charge in [-0.3, -0.25) is 9.59 Å². The summed E-state index contributed by atoms with van der Waals surface area (Å²) in [5.74, 6) is -0.568. The topological polar surface area (TPSA) is 96.9 Å². The fraction of sp³-hybridized carbons (Fsp3) is 0.391. The summed E-state index contributed by atoms with van der Waals surface area (Å²) in [5.41, 5.74) is -0.170. The maximum atomic E-state index is 13.5. The van der Waals surface area contributed by atoms with Crippen molar-refractivity contribution in [2.75, 3.05) is 6.61 Å². The summed E-state index contributed by atoms with van der Waals surface area (Å²) in [6.07, 6.45) is 0.314. The van der Waals surface area contributed by atoms with Gasteiger partial charge in [0.1, 0.15) is 17.3 Å². The van der Waals surface area contributed by atoms with Crippen LogP contribution in [0.1, 0.15) is 37.4 Å². The number of ether oxygens (including phenoxy) is 2. The summed E-state index contributed by atoms with van der Waals surface area (Å²) in [6, 6.07) is 8.90. The second-order valence-electron chi connectivity index (χ2n) is 9.03. The van der Waals surface area contributed by atoms with Gasteiger partial charge in [0.15, 0.2) is 12.7 Å². The molecule has 7 nitrogen and oxygen atoms in total. The SMILES string of the molecule is O=C(COc1ccc(Cl)c(F)c1)NC12CC(NC(=O)[C@H]3C[C@@H](O)c4cc(Cl)ccc4O3)(C1)C2. The molecule has 0 radical (unpaired) electrons. The zero-order valence-corrected chi connectivity index (χ0v) is 18.9. The minimum Gasteiger partial charge on any atom is -0.484 e. The average Bonchev–Trinajstić information content (AvgIpc) is 2.72. The maximum Gasteiger partial charge on any atom is 0.261 e. The van der Waals surface area contributed by atoms with E-state index in [0.717, 1.165) is 6.07 Å². The van der Waals surface area contributed by atoms with Crippen LogP contribution in [0.25, 0.3) is 0 Å². The first-order valence-electron chi connectivity index (χ1n) is 10.5. The largest absolute Gasteiger partial charge is 0.484 e. The van der Waals surface area contributed by atoms with Crippen molar-refractivity contribution in [1.29, 1.82) is 0 Å². The van der Waals surface area contributed by atoms with Gasteiger partial charge in [-0.05, 0) is 49.6 Å². The summed E-state index contributed by atoms with van der Waals surface area (Å²) in [5, 5.41) is 16.8. The van der Waals surface area contributed by atoms with Gasteiger partial charge in [0.2, 0.25) is 0 Å². The summed E-state index contributed by atoms with van der Waals surface area (Å²) in [6.45, 7) is -0.251. The Bertz CT molecular complexity index is 1120. The van der Waals surface area contributed by atoms with E-state index < -0.39 is 18.0 Å². The number of nitrogens with one attached hydrogen (secondary N) is 2. The van der Waals surface area contributed by atoms with E-state index in [1.54, 1.807) is 18.2 Å². The van der Waals surface area contributed by atoms with Crippen LogP contribution in [-0.4, -0.2) is 40.7 Å². The Labute approximate surface area is 199 Å².